The number of nitro benzene ring substituents is 1. The molecule has 1 atom stereocenters. The third-order valence-electron chi connectivity index (χ3n) is 3.62. The van der Waals surface area contributed by atoms with E-state index in [9.17, 15) is 10.1 Å². The molecule has 1 N–H and O–H groups in total. The van der Waals surface area contributed by atoms with Gasteiger partial charge >= 0.3 is 0 Å². The van der Waals surface area contributed by atoms with E-state index in [-0.39, 0.29) is 11.7 Å². The van der Waals surface area contributed by atoms with Gasteiger partial charge in [0.2, 0.25) is 11.8 Å². The van der Waals surface area contributed by atoms with Gasteiger partial charge < -0.3 is 9.73 Å². The predicted molar refractivity (Wildman–Crippen MR) is 89.6 cm³/mol. The molecule has 0 aliphatic carbocycles. The average Bonchev–Trinajstić information content (AvgIpc) is 3.02. The Morgan fingerprint density at radius 2 is 1.92 bits per heavy atom. The number of non-ortho nitro benzene ring substituents is 1. The summed E-state index contributed by atoms with van der Waals surface area (Å²) in [5, 5.41) is 22.0. The quantitative estimate of drug-likeness (QED) is 0.560. The first-order valence-corrected chi connectivity index (χ1v) is 7.44. The lowest BCUT2D eigenvalue weighted by molar-refractivity contribution is -0.384. The summed E-state index contributed by atoms with van der Waals surface area (Å²) in [7, 11) is 0. The Labute approximate surface area is 138 Å². The Hall–Kier alpha value is -3.22. The average molecular weight is 324 g/mol. The lowest BCUT2D eigenvalue weighted by Crippen LogP contribution is -2.06. The number of hydrogen-bond acceptors (Lipinski definition) is 6. The number of rotatable bonds is 5. The summed E-state index contributed by atoms with van der Waals surface area (Å²) in [6.07, 6.45) is 0. The molecular formula is C17H16N4O3. The zero-order valence-corrected chi connectivity index (χ0v) is 13.3. The Morgan fingerprint density at radius 1 is 1.17 bits per heavy atom. The first-order chi connectivity index (χ1) is 11.5. The SMILES string of the molecule is Cc1nnc(-c2ccc(NC(C)c3cccc([N+](=O)[O-])c3)cc2)o1. The number of hydrogen-bond donors (Lipinski definition) is 1. The van der Waals surface area contributed by atoms with E-state index in [1.165, 1.54) is 6.07 Å². The molecule has 0 saturated heterocycles. The zero-order chi connectivity index (χ0) is 17.1. The van der Waals surface area contributed by atoms with Gasteiger partial charge in [-0.3, -0.25) is 10.1 Å². The molecule has 1 heterocycles. The van der Waals surface area contributed by atoms with Gasteiger partial charge in [0.1, 0.15) is 0 Å². The smallest absolute Gasteiger partial charge is 0.269 e. The first-order valence-electron chi connectivity index (χ1n) is 7.44. The molecule has 1 aromatic heterocycles. The molecule has 0 fully saturated rings. The predicted octanol–water partition coefficient (Wildman–Crippen LogP) is 4.13. The number of benzene rings is 2. The van der Waals surface area contributed by atoms with Gasteiger partial charge in [-0.05, 0) is 36.8 Å². The third-order valence-corrected chi connectivity index (χ3v) is 3.62. The molecule has 7 heteroatoms. The van der Waals surface area contributed by atoms with Crippen molar-refractivity contribution in [2.24, 2.45) is 0 Å². The summed E-state index contributed by atoms with van der Waals surface area (Å²) in [5.41, 5.74) is 2.67. The number of nitro groups is 1. The van der Waals surface area contributed by atoms with Crippen LogP contribution in [-0.4, -0.2) is 15.1 Å². The van der Waals surface area contributed by atoms with Crippen LogP contribution in [0.1, 0.15) is 24.4 Å². The van der Waals surface area contributed by atoms with Crippen LogP contribution in [0.25, 0.3) is 11.5 Å². The van der Waals surface area contributed by atoms with Gasteiger partial charge in [-0.25, -0.2) is 0 Å². The van der Waals surface area contributed by atoms with E-state index in [1.54, 1.807) is 19.1 Å². The maximum absolute atomic E-state index is 10.9. The van der Waals surface area contributed by atoms with Crippen LogP contribution in [0.5, 0.6) is 0 Å². The van der Waals surface area contributed by atoms with Crippen molar-refractivity contribution in [2.45, 2.75) is 19.9 Å². The van der Waals surface area contributed by atoms with Crippen LogP contribution in [0.15, 0.2) is 52.9 Å². The van der Waals surface area contributed by atoms with Crippen LogP contribution < -0.4 is 5.32 Å². The van der Waals surface area contributed by atoms with Crippen molar-refractivity contribution < 1.29 is 9.34 Å². The molecule has 2 aromatic carbocycles. The Kier molecular flexibility index (Phi) is 4.24. The Bertz CT molecular complexity index is 858. The molecule has 0 amide bonds. The monoisotopic (exact) mass is 324 g/mol. The van der Waals surface area contributed by atoms with Gasteiger partial charge in [-0.1, -0.05) is 12.1 Å². The van der Waals surface area contributed by atoms with Crippen LogP contribution in [0, 0.1) is 17.0 Å². The van der Waals surface area contributed by atoms with Crippen LogP contribution in [0.4, 0.5) is 11.4 Å². The van der Waals surface area contributed by atoms with Gasteiger partial charge in [0.05, 0.1) is 4.92 Å². The molecule has 122 valence electrons. The fraction of sp³-hybridized carbons (Fsp3) is 0.176. The van der Waals surface area contributed by atoms with Gasteiger partial charge in [-0.2, -0.15) is 0 Å². The molecule has 0 bridgehead atoms. The lowest BCUT2D eigenvalue weighted by Gasteiger charge is -2.15. The maximum atomic E-state index is 10.9. The zero-order valence-electron chi connectivity index (χ0n) is 13.3. The van der Waals surface area contributed by atoms with Crippen LogP contribution >= 0.6 is 0 Å². The Morgan fingerprint density at radius 3 is 2.54 bits per heavy atom. The highest BCUT2D eigenvalue weighted by molar-refractivity contribution is 5.58. The van der Waals surface area contributed by atoms with E-state index < -0.39 is 4.92 Å². The van der Waals surface area contributed by atoms with E-state index in [2.05, 4.69) is 15.5 Å². The van der Waals surface area contributed by atoms with Crippen molar-refractivity contribution in [1.29, 1.82) is 0 Å². The molecule has 0 aliphatic rings. The van der Waals surface area contributed by atoms with Gasteiger partial charge in [0, 0.05) is 36.3 Å². The number of anilines is 1. The third kappa shape index (κ3) is 3.40. The molecule has 3 aromatic rings. The van der Waals surface area contributed by atoms with Gasteiger partial charge in [0.15, 0.2) is 0 Å². The van der Waals surface area contributed by atoms with E-state index in [0.717, 1.165) is 16.8 Å². The molecule has 7 nitrogen and oxygen atoms in total. The lowest BCUT2D eigenvalue weighted by atomic mass is 10.1. The maximum Gasteiger partial charge on any atom is 0.269 e. The second-order valence-corrected chi connectivity index (χ2v) is 5.42. The van der Waals surface area contributed by atoms with Crippen molar-refractivity contribution in [2.75, 3.05) is 5.32 Å². The van der Waals surface area contributed by atoms with Crippen LogP contribution in [0.2, 0.25) is 0 Å². The molecule has 0 radical (unpaired) electrons. The molecule has 0 aliphatic heterocycles. The minimum absolute atomic E-state index is 0.0681. The van der Waals surface area contributed by atoms with Crippen molar-refractivity contribution in [1.82, 2.24) is 10.2 Å². The number of nitrogens with one attached hydrogen (secondary N) is 1. The van der Waals surface area contributed by atoms with E-state index in [0.29, 0.717) is 11.8 Å². The van der Waals surface area contributed by atoms with Gasteiger partial charge in [-0.15, -0.1) is 10.2 Å². The summed E-state index contributed by atoms with van der Waals surface area (Å²) in [4.78, 5) is 10.5. The largest absolute Gasteiger partial charge is 0.421 e. The van der Waals surface area contributed by atoms with Crippen molar-refractivity contribution in [3.05, 3.63) is 70.1 Å². The van der Waals surface area contributed by atoms with Crippen molar-refractivity contribution >= 4 is 11.4 Å². The highest BCUT2D eigenvalue weighted by atomic mass is 16.6. The summed E-state index contributed by atoms with van der Waals surface area (Å²) in [6.45, 7) is 3.70. The normalized spacial score (nSPS) is 11.9. The number of aryl methyl sites for hydroxylation is 1. The highest BCUT2D eigenvalue weighted by Crippen LogP contribution is 2.25. The van der Waals surface area contributed by atoms with E-state index in [4.69, 9.17) is 4.42 Å². The molecular weight excluding hydrogens is 308 g/mol. The minimum atomic E-state index is -0.391. The molecule has 0 saturated carbocycles. The standard InChI is InChI=1S/C17H16N4O3/c1-11(14-4-3-5-16(10-14)21(22)23)18-15-8-6-13(7-9-15)17-20-19-12(2)24-17/h3-11,18H,1-2H3. The fourth-order valence-electron chi connectivity index (χ4n) is 2.36. The second kappa shape index (κ2) is 6.49. The molecule has 1 unspecified atom stereocenters. The first kappa shape index (κ1) is 15.7. The van der Waals surface area contributed by atoms with E-state index in [1.807, 2.05) is 37.3 Å². The summed E-state index contributed by atoms with van der Waals surface area (Å²) in [5.74, 6) is 0.997. The number of nitrogens with zero attached hydrogens (tertiary/aromatic N) is 3. The topological polar surface area (TPSA) is 94.1 Å². The fourth-order valence-corrected chi connectivity index (χ4v) is 2.36. The second-order valence-electron chi connectivity index (χ2n) is 5.42. The molecule has 24 heavy (non-hydrogen) atoms. The minimum Gasteiger partial charge on any atom is -0.421 e. The molecule has 0 spiro atoms. The molecule has 3 rings (SSSR count). The van der Waals surface area contributed by atoms with E-state index >= 15 is 0 Å². The summed E-state index contributed by atoms with van der Waals surface area (Å²) >= 11 is 0. The van der Waals surface area contributed by atoms with Gasteiger partial charge in [0.25, 0.3) is 5.69 Å². The van der Waals surface area contributed by atoms with Crippen molar-refractivity contribution in [3.8, 4) is 11.5 Å². The summed E-state index contributed by atoms with van der Waals surface area (Å²) < 4.78 is 5.39. The van der Waals surface area contributed by atoms with Crippen LogP contribution in [-0.2, 0) is 0 Å². The highest BCUT2D eigenvalue weighted by Gasteiger charge is 2.11. The number of aromatic nitrogens is 2. The Balaban J connectivity index is 1.73. The van der Waals surface area contributed by atoms with Crippen molar-refractivity contribution in [3.63, 3.8) is 0 Å². The summed E-state index contributed by atoms with van der Waals surface area (Å²) in [6, 6.07) is 14.1. The van der Waals surface area contributed by atoms with Crippen LogP contribution in [0.3, 0.4) is 0 Å².